The molecule has 0 heterocycles. The highest BCUT2D eigenvalue weighted by atomic mass is 16.5. The zero-order valence-corrected chi connectivity index (χ0v) is 15.7. The van der Waals surface area contributed by atoms with Crippen molar-refractivity contribution in [3.8, 4) is 17.2 Å². The van der Waals surface area contributed by atoms with Crippen LogP contribution in [0.2, 0.25) is 0 Å². The van der Waals surface area contributed by atoms with Crippen LogP contribution in [-0.4, -0.2) is 24.6 Å². The van der Waals surface area contributed by atoms with Crippen LogP contribution in [0.3, 0.4) is 0 Å². The Morgan fingerprint density at radius 2 is 1.58 bits per heavy atom. The summed E-state index contributed by atoms with van der Waals surface area (Å²) >= 11 is 0. The summed E-state index contributed by atoms with van der Waals surface area (Å²) in [5.41, 5.74) is 0.768. The van der Waals surface area contributed by atoms with Gasteiger partial charge in [-0.05, 0) is 42.8 Å². The van der Waals surface area contributed by atoms with E-state index in [9.17, 15) is 9.90 Å². The molecule has 0 saturated carbocycles. The second-order valence-electron chi connectivity index (χ2n) is 6.35. The first-order valence-corrected chi connectivity index (χ1v) is 9.30. The minimum absolute atomic E-state index is 0.0854. The normalized spacial score (nSPS) is 10.5. The first kappa shape index (κ1) is 19.8. The molecule has 2 aromatic rings. The highest BCUT2D eigenvalue weighted by Gasteiger charge is 2.14. The van der Waals surface area contributed by atoms with Crippen molar-refractivity contribution in [1.29, 1.82) is 0 Å². The molecule has 0 fully saturated rings. The van der Waals surface area contributed by atoms with Crippen LogP contribution in [0.5, 0.6) is 17.2 Å². The third-order valence-electron chi connectivity index (χ3n) is 4.33. The Morgan fingerprint density at radius 3 is 2.23 bits per heavy atom. The summed E-state index contributed by atoms with van der Waals surface area (Å²) in [6, 6.07) is 11.7. The molecule has 1 N–H and O–H groups in total. The van der Waals surface area contributed by atoms with Gasteiger partial charge in [-0.1, -0.05) is 39.0 Å². The first-order valence-electron chi connectivity index (χ1n) is 9.30. The monoisotopic (exact) mass is 356 g/mol. The molecule has 0 aliphatic heterocycles. The van der Waals surface area contributed by atoms with Crippen molar-refractivity contribution in [1.82, 2.24) is 0 Å². The molecular weight excluding hydrogens is 328 g/mol. The predicted molar refractivity (Wildman–Crippen MR) is 103 cm³/mol. The minimum atomic E-state index is -0.229. The molecule has 0 aliphatic carbocycles. The van der Waals surface area contributed by atoms with Crippen LogP contribution in [-0.2, 0) is 0 Å². The van der Waals surface area contributed by atoms with Crippen LogP contribution < -0.4 is 9.47 Å². The lowest BCUT2D eigenvalue weighted by Crippen LogP contribution is -2.02. The quantitative estimate of drug-likeness (QED) is 0.434. The van der Waals surface area contributed by atoms with Crippen molar-refractivity contribution in [2.24, 2.45) is 0 Å². The van der Waals surface area contributed by atoms with Gasteiger partial charge in [-0.3, -0.25) is 4.79 Å². The van der Waals surface area contributed by atoms with E-state index < -0.39 is 0 Å². The van der Waals surface area contributed by atoms with Gasteiger partial charge >= 0.3 is 0 Å². The maximum atomic E-state index is 12.5. The van der Waals surface area contributed by atoms with Gasteiger partial charge in [-0.2, -0.15) is 0 Å². The van der Waals surface area contributed by atoms with Crippen LogP contribution >= 0.6 is 0 Å². The molecule has 4 heteroatoms. The molecule has 0 atom stereocenters. The van der Waals surface area contributed by atoms with Crippen LogP contribution in [0.15, 0.2) is 42.5 Å². The van der Waals surface area contributed by atoms with E-state index in [1.807, 2.05) is 0 Å². The zero-order chi connectivity index (χ0) is 18.8. The van der Waals surface area contributed by atoms with Gasteiger partial charge in [0.1, 0.15) is 17.2 Å². The maximum Gasteiger partial charge on any atom is 0.196 e. The molecule has 26 heavy (non-hydrogen) atoms. The van der Waals surface area contributed by atoms with E-state index in [1.54, 1.807) is 36.4 Å². The number of unbranched alkanes of at least 4 members (excludes halogenated alkanes) is 5. The van der Waals surface area contributed by atoms with Gasteiger partial charge in [-0.25, -0.2) is 0 Å². The molecule has 0 spiro atoms. The Balaban J connectivity index is 1.86. The molecule has 0 amide bonds. The lowest BCUT2D eigenvalue weighted by atomic mass is 10.0. The standard InChI is InChI=1S/C22H28O4/c1-3-4-5-6-7-8-15-26-18-11-9-17(10-12-18)22(24)20-14-13-19(25-2)16-21(20)23/h9-14,16,23H,3-8,15H2,1-2H3. The van der Waals surface area contributed by atoms with E-state index in [1.165, 1.54) is 45.3 Å². The van der Waals surface area contributed by atoms with E-state index in [-0.39, 0.29) is 17.1 Å². The van der Waals surface area contributed by atoms with Gasteiger partial charge in [-0.15, -0.1) is 0 Å². The number of hydrogen-bond acceptors (Lipinski definition) is 4. The number of phenolic OH excluding ortho intramolecular Hbond substituents is 1. The molecule has 0 radical (unpaired) electrons. The third kappa shape index (κ3) is 5.80. The van der Waals surface area contributed by atoms with Crippen molar-refractivity contribution in [3.63, 3.8) is 0 Å². The SMILES string of the molecule is CCCCCCCCOc1ccc(C(=O)c2ccc(OC)cc2O)cc1. The Kier molecular flexibility index (Phi) is 8.00. The smallest absolute Gasteiger partial charge is 0.196 e. The summed E-state index contributed by atoms with van der Waals surface area (Å²) in [6.45, 7) is 2.91. The van der Waals surface area contributed by atoms with Crippen LogP contribution in [0.1, 0.15) is 61.4 Å². The summed E-state index contributed by atoms with van der Waals surface area (Å²) in [4.78, 5) is 12.5. The Morgan fingerprint density at radius 1 is 0.923 bits per heavy atom. The second kappa shape index (κ2) is 10.5. The summed E-state index contributed by atoms with van der Waals surface area (Å²) in [7, 11) is 1.51. The van der Waals surface area contributed by atoms with Gasteiger partial charge in [0.25, 0.3) is 0 Å². The Hall–Kier alpha value is -2.49. The average Bonchev–Trinajstić information content (AvgIpc) is 2.67. The van der Waals surface area contributed by atoms with Crippen molar-refractivity contribution < 1.29 is 19.4 Å². The van der Waals surface area contributed by atoms with E-state index in [0.717, 1.165) is 12.2 Å². The molecule has 140 valence electrons. The number of ketones is 1. The molecule has 0 saturated heterocycles. The van der Waals surface area contributed by atoms with Gasteiger partial charge in [0.2, 0.25) is 0 Å². The summed E-state index contributed by atoms with van der Waals surface area (Å²) in [6.07, 6.45) is 7.36. The summed E-state index contributed by atoms with van der Waals surface area (Å²) in [5.74, 6) is 0.955. The number of aromatic hydroxyl groups is 1. The van der Waals surface area contributed by atoms with Crippen LogP contribution in [0.25, 0.3) is 0 Å². The molecule has 4 nitrogen and oxygen atoms in total. The van der Waals surface area contributed by atoms with E-state index >= 15 is 0 Å². The second-order valence-corrected chi connectivity index (χ2v) is 6.35. The molecule has 0 aliphatic rings. The highest BCUT2D eigenvalue weighted by molar-refractivity contribution is 6.10. The van der Waals surface area contributed by atoms with Crippen LogP contribution in [0.4, 0.5) is 0 Å². The topological polar surface area (TPSA) is 55.8 Å². The number of benzene rings is 2. The molecule has 2 aromatic carbocycles. The van der Waals surface area contributed by atoms with Crippen molar-refractivity contribution in [3.05, 3.63) is 53.6 Å². The molecular formula is C22H28O4. The molecule has 2 rings (SSSR count). The lowest BCUT2D eigenvalue weighted by molar-refractivity contribution is 0.103. The van der Waals surface area contributed by atoms with E-state index in [0.29, 0.717) is 17.9 Å². The maximum absolute atomic E-state index is 12.5. The van der Waals surface area contributed by atoms with E-state index in [4.69, 9.17) is 9.47 Å². The van der Waals surface area contributed by atoms with Crippen molar-refractivity contribution in [2.75, 3.05) is 13.7 Å². The average molecular weight is 356 g/mol. The number of ether oxygens (including phenoxy) is 2. The van der Waals surface area contributed by atoms with Gasteiger partial charge in [0.15, 0.2) is 5.78 Å². The fraction of sp³-hybridized carbons (Fsp3) is 0.409. The number of rotatable bonds is 11. The third-order valence-corrected chi connectivity index (χ3v) is 4.33. The van der Waals surface area contributed by atoms with Gasteiger partial charge in [0.05, 0.1) is 19.3 Å². The number of carbonyl (C=O) groups is 1. The van der Waals surface area contributed by atoms with E-state index in [2.05, 4.69) is 6.92 Å². The molecule has 0 aromatic heterocycles. The molecule has 0 unspecified atom stereocenters. The highest BCUT2D eigenvalue weighted by Crippen LogP contribution is 2.26. The number of hydrogen-bond donors (Lipinski definition) is 1. The Bertz CT molecular complexity index is 692. The van der Waals surface area contributed by atoms with Crippen LogP contribution in [0, 0.1) is 0 Å². The van der Waals surface area contributed by atoms with Crippen molar-refractivity contribution >= 4 is 5.78 Å². The number of phenols is 1. The first-order chi connectivity index (χ1) is 12.7. The van der Waals surface area contributed by atoms with Gasteiger partial charge < -0.3 is 14.6 Å². The predicted octanol–water partition coefficient (Wildman–Crippen LogP) is 5.37. The summed E-state index contributed by atoms with van der Waals surface area (Å²) < 4.78 is 10.8. The fourth-order valence-electron chi connectivity index (χ4n) is 2.76. The lowest BCUT2D eigenvalue weighted by Gasteiger charge is -2.08. The van der Waals surface area contributed by atoms with Gasteiger partial charge in [0, 0.05) is 11.6 Å². The zero-order valence-electron chi connectivity index (χ0n) is 15.7. The number of methoxy groups -OCH3 is 1. The summed E-state index contributed by atoms with van der Waals surface area (Å²) in [5, 5.41) is 10.0. The fourth-order valence-corrected chi connectivity index (χ4v) is 2.76. The minimum Gasteiger partial charge on any atom is -0.507 e. The van der Waals surface area contributed by atoms with Crippen molar-refractivity contribution in [2.45, 2.75) is 45.4 Å². The number of carbonyl (C=O) groups excluding carboxylic acids is 1. The largest absolute Gasteiger partial charge is 0.507 e. The molecule has 0 bridgehead atoms. The Labute approximate surface area is 155 Å².